The van der Waals surface area contributed by atoms with Gasteiger partial charge in [-0.25, -0.2) is 4.98 Å². The number of hydrogen-bond donors (Lipinski definition) is 0. The van der Waals surface area contributed by atoms with E-state index in [-0.39, 0.29) is 0 Å². The van der Waals surface area contributed by atoms with Gasteiger partial charge in [0.2, 0.25) is 0 Å². The van der Waals surface area contributed by atoms with Gasteiger partial charge in [-0.05, 0) is 35.9 Å². The van der Waals surface area contributed by atoms with Crippen molar-refractivity contribution < 1.29 is 14.2 Å². The van der Waals surface area contributed by atoms with Gasteiger partial charge in [0.15, 0.2) is 11.5 Å². The summed E-state index contributed by atoms with van der Waals surface area (Å²) < 4.78 is 16.7. The summed E-state index contributed by atoms with van der Waals surface area (Å²) in [4.78, 5) is 4.78. The highest BCUT2D eigenvalue weighted by Crippen LogP contribution is 2.34. The fourth-order valence-electron chi connectivity index (χ4n) is 2.77. The van der Waals surface area contributed by atoms with E-state index in [1.807, 2.05) is 30.3 Å². The van der Waals surface area contributed by atoms with Crippen molar-refractivity contribution in [2.45, 2.75) is 12.8 Å². The molecule has 0 atom stereocenters. The average Bonchev–Trinajstić information content (AvgIpc) is 2.98. The van der Waals surface area contributed by atoms with E-state index < -0.39 is 0 Å². The van der Waals surface area contributed by atoms with Gasteiger partial charge in [-0.15, -0.1) is 11.3 Å². The third-order valence-corrected chi connectivity index (χ3v) is 4.96. The maximum atomic E-state index is 5.77. The van der Waals surface area contributed by atoms with Crippen molar-refractivity contribution in [3.8, 4) is 28.5 Å². The molecule has 1 aliphatic rings. The van der Waals surface area contributed by atoms with Crippen molar-refractivity contribution in [3.05, 3.63) is 58.4 Å². The van der Waals surface area contributed by atoms with E-state index in [1.54, 1.807) is 18.4 Å². The minimum atomic E-state index is 0.691. The van der Waals surface area contributed by atoms with Crippen molar-refractivity contribution in [1.29, 1.82) is 0 Å². The van der Waals surface area contributed by atoms with Gasteiger partial charge in [0.1, 0.15) is 5.75 Å². The average molecular weight is 353 g/mol. The van der Waals surface area contributed by atoms with Crippen molar-refractivity contribution >= 4 is 11.3 Å². The SMILES string of the molecule is COc1ccc(Cc2nc(-c3ccc4c(c3)OCCCO4)cs2)cc1. The largest absolute Gasteiger partial charge is 0.497 e. The molecular weight excluding hydrogens is 334 g/mol. The molecule has 1 aromatic heterocycles. The van der Waals surface area contributed by atoms with E-state index in [1.165, 1.54) is 5.56 Å². The molecule has 2 aromatic carbocycles. The molecule has 0 aliphatic carbocycles. The van der Waals surface area contributed by atoms with Crippen molar-refractivity contribution in [3.63, 3.8) is 0 Å². The van der Waals surface area contributed by atoms with E-state index >= 15 is 0 Å². The first-order valence-corrected chi connectivity index (χ1v) is 9.17. The summed E-state index contributed by atoms with van der Waals surface area (Å²) in [5.41, 5.74) is 3.26. The molecule has 3 aromatic rings. The number of fused-ring (bicyclic) bond motifs is 1. The molecule has 0 saturated heterocycles. The highest BCUT2D eigenvalue weighted by molar-refractivity contribution is 7.10. The number of aromatic nitrogens is 1. The van der Waals surface area contributed by atoms with Gasteiger partial charge in [0.25, 0.3) is 0 Å². The van der Waals surface area contributed by atoms with Crippen LogP contribution in [-0.2, 0) is 6.42 Å². The van der Waals surface area contributed by atoms with E-state index in [0.29, 0.717) is 13.2 Å². The van der Waals surface area contributed by atoms with Gasteiger partial charge < -0.3 is 14.2 Å². The van der Waals surface area contributed by atoms with Crippen LogP contribution in [0.4, 0.5) is 0 Å². The second kappa shape index (κ2) is 7.15. The van der Waals surface area contributed by atoms with Gasteiger partial charge in [-0.3, -0.25) is 0 Å². The zero-order valence-corrected chi connectivity index (χ0v) is 14.8. The lowest BCUT2D eigenvalue weighted by Gasteiger charge is -2.08. The van der Waals surface area contributed by atoms with Gasteiger partial charge in [0.05, 0.1) is 31.0 Å². The fourth-order valence-corrected chi connectivity index (χ4v) is 3.60. The monoisotopic (exact) mass is 353 g/mol. The van der Waals surface area contributed by atoms with Crippen molar-refractivity contribution in [1.82, 2.24) is 4.98 Å². The van der Waals surface area contributed by atoms with Crippen LogP contribution in [0.5, 0.6) is 17.2 Å². The molecule has 4 rings (SSSR count). The van der Waals surface area contributed by atoms with Crippen molar-refractivity contribution in [2.75, 3.05) is 20.3 Å². The summed E-state index contributed by atoms with van der Waals surface area (Å²) in [6.07, 6.45) is 1.73. The smallest absolute Gasteiger partial charge is 0.161 e. The van der Waals surface area contributed by atoms with E-state index in [2.05, 4.69) is 17.5 Å². The number of nitrogens with zero attached hydrogens (tertiary/aromatic N) is 1. The lowest BCUT2D eigenvalue weighted by molar-refractivity contribution is 0.297. The normalized spacial score (nSPS) is 13.3. The van der Waals surface area contributed by atoms with Crippen LogP contribution in [0.3, 0.4) is 0 Å². The van der Waals surface area contributed by atoms with Crippen LogP contribution < -0.4 is 14.2 Å². The molecular formula is C20H19NO3S. The number of rotatable bonds is 4. The number of hydrogen-bond acceptors (Lipinski definition) is 5. The maximum absolute atomic E-state index is 5.77. The summed E-state index contributed by atoms with van der Waals surface area (Å²) in [5.74, 6) is 2.49. The third kappa shape index (κ3) is 3.61. The highest BCUT2D eigenvalue weighted by atomic mass is 32.1. The molecule has 25 heavy (non-hydrogen) atoms. The Bertz CT molecular complexity index is 858. The Kier molecular flexibility index (Phi) is 4.57. The van der Waals surface area contributed by atoms with Crippen LogP contribution in [0.2, 0.25) is 0 Å². The maximum Gasteiger partial charge on any atom is 0.161 e. The summed E-state index contributed by atoms with van der Waals surface area (Å²) in [7, 11) is 1.68. The van der Waals surface area contributed by atoms with E-state index in [9.17, 15) is 0 Å². The zero-order valence-electron chi connectivity index (χ0n) is 14.0. The number of ether oxygens (including phenoxy) is 3. The lowest BCUT2D eigenvalue weighted by Crippen LogP contribution is -1.97. The Hall–Kier alpha value is -2.53. The Morgan fingerprint density at radius 1 is 1.04 bits per heavy atom. The Labute approximate surface area is 151 Å². The Morgan fingerprint density at radius 2 is 1.84 bits per heavy atom. The first-order valence-electron chi connectivity index (χ1n) is 8.29. The fraction of sp³-hybridized carbons (Fsp3) is 0.250. The van der Waals surface area contributed by atoms with Gasteiger partial charge in [0, 0.05) is 23.8 Å². The minimum absolute atomic E-state index is 0.691. The minimum Gasteiger partial charge on any atom is -0.497 e. The molecule has 5 heteroatoms. The number of methoxy groups -OCH3 is 1. The standard InChI is InChI=1S/C20H19NO3S/c1-22-16-6-3-14(4-7-16)11-20-21-17(13-25-20)15-5-8-18-19(12-15)24-10-2-9-23-18/h3-8,12-13H,2,9-11H2,1H3. The summed E-state index contributed by atoms with van der Waals surface area (Å²) in [5, 5.41) is 3.19. The second-order valence-corrected chi connectivity index (χ2v) is 6.81. The topological polar surface area (TPSA) is 40.6 Å². The summed E-state index contributed by atoms with van der Waals surface area (Å²) in [6, 6.07) is 14.1. The van der Waals surface area contributed by atoms with Crippen molar-refractivity contribution in [2.24, 2.45) is 0 Å². The summed E-state index contributed by atoms with van der Waals surface area (Å²) in [6.45, 7) is 1.39. The number of benzene rings is 2. The van der Waals surface area contributed by atoms with E-state index in [4.69, 9.17) is 19.2 Å². The molecule has 1 aliphatic heterocycles. The predicted octanol–water partition coefficient (Wildman–Crippen LogP) is 4.57. The molecule has 128 valence electrons. The molecule has 0 fully saturated rings. The Balaban J connectivity index is 1.53. The summed E-state index contributed by atoms with van der Waals surface area (Å²) >= 11 is 1.68. The predicted molar refractivity (Wildman–Crippen MR) is 99.0 cm³/mol. The highest BCUT2D eigenvalue weighted by Gasteiger charge is 2.13. The third-order valence-electron chi connectivity index (χ3n) is 4.11. The van der Waals surface area contributed by atoms with Crippen LogP contribution in [0.1, 0.15) is 17.0 Å². The molecule has 0 radical (unpaired) electrons. The van der Waals surface area contributed by atoms with Gasteiger partial charge in [-0.1, -0.05) is 12.1 Å². The quantitative estimate of drug-likeness (QED) is 0.689. The molecule has 0 spiro atoms. The first-order chi connectivity index (χ1) is 12.3. The van der Waals surface area contributed by atoms with Gasteiger partial charge in [-0.2, -0.15) is 0 Å². The lowest BCUT2D eigenvalue weighted by atomic mass is 10.1. The van der Waals surface area contributed by atoms with Crippen LogP contribution in [0.15, 0.2) is 47.8 Å². The molecule has 0 unspecified atom stereocenters. The zero-order chi connectivity index (χ0) is 17.1. The molecule has 0 amide bonds. The molecule has 4 nitrogen and oxygen atoms in total. The van der Waals surface area contributed by atoms with Crippen LogP contribution in [0, 0.1) is 0 Å². The van der Waals surface area contributed by atoms with Gasteiger partial charge >= 0.3 is 0 Å². The molecule has 0 N–H and O–H groups in total. The Morgan fingerprint density at radius 3 is 2.64 bits per heavy atom. The van der Waals surface area contributed by atoms with E-state index in [0.717, 1.165) is 46.4 Å². The second-order valence-electron chi connectivity index (χ2n) is 5.86. The number of thiazole rings is 1. The first kappa shape index (κ1) is 16.0. The van der Waals surface area contributed by atoms with Crippen LogP contribution in [0.25, 0.3) is 11.3 Å². The van der Waals surface area contributed by atoms with Crippen LogP contribution in [-0.4, -0.2) is 25.3 Å². The molecule has 0 bridgehead atoms. The van der Waals surface area contributed by atoms with Crippen LogP contribution >= 0.6 is 11.3 Å². The molecule has 0 saturated carbocycles. The molecule has 2 heterocycles.